The summed E-state index contributed by atoms with van der Waals surface area (Å²) in [5.41, 5.74) is 7.29. The van der Waals surface area contributed by atoms with Crippen LogP contribution in [0.4, 0.5) is 0 Å². The van der Waals surface area contributed by atoms with Crippen LogP contribution in [0.2, 0.25) is 23.2 Å². The maximum Gasteiger partial charge on any atom is 0.191 e. The summed E-state index contributed by atoms with van der Waals surface area (Å²) in [5.74, 6) is 0. The van der Waals surface area contributed by atoms with Crippen LogP contribution in [-0.4, -0.2) is 14.9 Å². The van der Waals surface area contributed by atoms with Gasteiger partial charge in [-0.3, -0.25) is 0 Å². The molecule has 0 aliphatic heterocycles. The summed E-state index contributed by atoms with van der Waals surface area (Å²) in [4.78, 5) is 0. The molecule has 2 nitrogen and oxygen atoms in total. The number of halogens is 1. The minimum absolute atomic E-state index is 0.0158. The molecule has 0 bridgehead atoms. The third-order valence-corrected chi connectivity index (χ3v) is 8.79. The Morgan fingerprint density at radius 2 is 1.74 bits per heavy atom. The van der Waals surface area contributed by atoms with Crippen LogP contribution in [0.15, 0.2) is 24.3 Å². The third-order valence-electron chi connectivity index (χ3n) is 4.00. The monoisotopic (exact) mass is 299 g/mol. The maximum absolute atomic E-state index is 6.18. The van der Waals surface area contributed by atoms with Gasteiger partial charge < -0.3 is 10.2 Å². The first-order valence-corrected chi connectivity index (χ1v) is 10.1. The summed E-state index contributed by atoms with van der Waals surface area (Å²) in [5, 5.41) is 0.991. The van der Waals surface area contributed by atoms with Crippen LogP contribution in [0.3, 0.4) is 0 Å². The summed E-state index contributed by atoms with van der Waals surface area (Å²) in [6.45, 7) is 12.0. The van der Waals surface area contributed by atoms with Gasteiger partial charge in [-0.25, -0.2) is 0 Å². The summed E-state index contributed by atoms with van der Waals surface area (Å²) < 4.78 is 6.14. The van der Waals surface area contributed by atoms with E-state index in [9.17, 15) is 0 Å². The van der Waals surface area contributed by atoms with E-state index in [0.29, 0.717) is 0 Å². The summed E-state index contributed by atoms with van der Waals surface area (Å²) in [6, 6.07) is 7.75. The Morgan fingerprint density at radius 1 is 1.21 bits per heavy atom. The van der Waals surface area contributed by atoms with Gasteiger partial charge in [0.1, 0.15) is 0 Å². The lowest BCUT2D eigenvalue weighted by Crippen LogP contribution is -2.41. The molecule has 0 spiro atoms. The van der Waals surface area contributed by atoms with Gasteiger partial charge in [-0.2, -0.15) is 0 Å². The van der Waals surface area contributed by atoms with Crippen molar-refractivity contribution in [3.05, 3.63) is 34.9 Å². The van der Waals surface area contributed by atoms with Gasteiger partial charge in [-0.1, -0.05) is 44.5 Å². The molecule has 0 fully saturated rings. The fourth-order valence-corrected chi connectivity index (χ4v) is 2.72. The minimum Gasteiger partial charge on any atom is -0.417 e. The molecule has 1 aromatic carbocycles. The Morgan fingerprint density at radius 3 is 2.21 bits per heavy atom. The lowest BCUT2D eigenvalue weighted by Gasteiger charge is -2.36. The second-order valence-corrected chi connectivity index (χ2v) is 11.8. The van der Waals surface area contributed by atoms with E-state index in [0.717, 1.165) is 23.6 Å². The number of hydrogen-bond donors (Lipinski definition) is 1. The van der Waals surface area contributed by atoms with Crippen LogP contribution in [0, 0.1) is 0 Å². The van der Waals surface area contributed by atoms with E-state index in [1.807, 2.05) is 24.3 Å². The van der Waals surface area contributed by atoms with Gasteiger partial charge in [0.25, 0.3) is 0 Å². The Bertz CT molecular complexity index is 398. The van der Waals surface area contributed by atoms with Gasteiger partial charge in [0.2, 0.25) is 0 Å². The predicted molar refractivity (Wildman–Crippen MR) is 86.1 cm³/mol. The topological polar surface area (TPSA) is 35.2 Å². The highest BCUT2D eigenvalue weighted by Crippen LogP contribution is 2.36. The van der Waals surface area contributed by atoms with Gasteiger partial charge >= 0.3 is 0 Å². The van der Waals surface area contributed by atoms with Gasteiger partial charge in [0.15, 0.2) is 8.32 Å². The molecular weight excluding hydrogens is 274 g/mol. The second kappa shape index (κ2) is 6.40. The molecule has 0 saturated heterocycles. The van der Waals surface area contributed by atoms with Crippen molar-refractivity contribution in [2.24, 2.45) is 5.73 Å². The van der Waals surface area contributed by atoms with E-state index in [2.05, 4.69) is 33.9 Å². The van der Waals surface area contributed by atoms with Crippen LogP contribution < -0.4 is 5.73 Å². The molecule has 0 amide bonds. The Balaban J connectivity index is 2.47. The standard InChI is InChI=1S/C15H26ClNOSi/c1-15(2,3)19(4,5)18-11-10-14(17)12-6-8-13(16)9-7-12/h6-9,14H,10-11,17H2,1-5H3/t14-/m1/s1. The quantitative estimate of drug-likeness (QED) is 0.796. The fraction of sp³-hybridized carbons (Fsp3) is 0.600. The van der Waals surface area contributed by atoms with Crippen molar-refractivity contribution in [1.29, 1.82) is 0 Å². The zero-order chi connectivity index (χ0) is 14.7. The highest BCUT2D eigenvalue weighted by molar-refractivity contribution is 6.74. The van der Waals surface area contributed by atoms with Gasteiger partial charge in [0.05, 0.1) is 0 Å². The van der Waals surface area contributed by atoms with E-state index in [-0.39, 0.29) is 11.1 Å². The molecule has 0 radical (unpaired) electrons. The summed E-state index contributed by atoms with van der Waals surface area (Å²) >= 11 is 5.87. The number of benzene rings is 1. The van der Waals surface area contributed by atoms with Crippen molar-refractivity contribution in [3.8, 4) is 0 Å². The largest absolute Gasteiger partial charge is 0.417 e. The van der Waals surface area contributed by atoms with Crippen LogP contribution in [0.5, 0.6) is 0 Å². The zero-order valence-corrected chi connectivity index (χ0v) is 14.4. The maximum atomic E-state index is 6.18. The molecule has 1 atom stereocenters. The number of nitrogens with two attached hydrogens (primary N) is 1. The van der Waals surface area contributed by atoms with E-state index < -0.39 is 8.32 Å². The first-order valence-electron chi connectivity index (χ1n) is 6.78. The highest BCUT2D eigenvalue weighted by atomic mass is 35.5. The van der Waals surface area contributed by atoms with Gasteiger partial charge in [0, 0.05) is 17.7 Å². The molecule has 0 heterocycles. The van der Waals surface area contributed by atoms with Crippen molar-refractivity contribution in [2.45, 2.75) is 51.4 Å². The van der Waals surface area contributed by atoms with Crippen LogP contribution >= 0.6 is 11.6 Å². The average molecular weight is 300 g/mol. The second-order valence-electron chi connectivity index (χ2n) is 6.56. The first-order chi connectivity index (χ1) is 8.63. The molecule has 0 unspecified atom stereocenters. The molecule has 19 heavy (non-hydrogen) atoms. The molecule has 0 aromatic heterocycles. The van der Waals surface area contributed by atoms with Crippen LogP contribution in [0.1, 0.15) is 38.8 Å². The number of hydrogen-bond acceptors (Lipinski definition) is 2. The SMILES string of the molecule is CC(C)(C)[Si](C)(C)OCC[C@@H](N)c1ccc(Cl)cc1. The molecule has 0 aliphatic carbocycles. The zero-order valence-electron chi connectivity index (χ0n) is 12.7. The highest BCUT2D eigenvalue weighted by Gasteiger charge is 2.36. The van der Waals surface area contributed by atoms with Crippen molar-refractivity contribution in [3.63, 3.8) is 0 Å². The summed E-state index contributed by atoms with van der Waals surface area (Å²) in [6.07, 6.45) is 0.841. The van der Waals surface area contributed by atoms with Crippen LogP contribution in [-0.2, 0) is 4.43 Å². The Hall–Kier alpha value is -0.353. The van der Waals surface area contributed by atoms with Crippen LogP contribution in [0.25, 0.3) is 0 Å². The van der Waals surface area contributed by atoms with Crippen molar-refractivity contribution in [2.75, 3.05) is 6.61 Å². The molecular formula is C15H26ClNOSi. The molecule has 4 heteroatoms. The lowest BCUT2D eigenvalue weighted by molar-refractivity contribution is 0.272. The smallest absolute Gasteiger partial charge is 0.191 e. The van der Waals surface area contributed by atoms with E-state index >= 15 is 0 Å². The predicted octanol–water partition coefficient (Wildman–Crippen LogP) is 4.75. The van der Waals surface area contributed by atoms with Crippen molar-refractivity contribution < 1.29 is 4.43 Å². The lowest BCUT2D eigenvalue weighted by atomic mass is 10.1. The van der Waals surface area contributed by atoms with Crippen molar-refractivity contribution in [1.82, 2.24) is 0 Å². The molecule has 108 valence electrons. The van der Waals surface area contributed by atoms with Gasteiger partial charge in [-0.15, -0.1) is 0 Å². The number of rotatable bonds is 5. The Kier molecular flexibility index (Phi) is 5.62. The van der Waals surface area contributed by atoms with Crippen molar-refractivity contribution >= 4 is 19.9 Å². The Labute approximate surface area is 123 Å². The molecule has 0 saturated carbocycles. The average Bonchev–Trinajstić information content (AvgIpc) is 2.28. The molecule has 1 rings (SSSR count). The van der Waals surface area contributed by atoms with E-state index in [1.54, 1.807) is 0 Å². The van der Waals surface area contributed by atoms with E-state index in [1.165, 1.54) is 0 Å². The normalized spacial score (nSPS) is 14.5. The summed E-state index contributed by atoms with van der Waals surface area (Å²) in [7, 11) is -1.66. The third kappa shape index (κ3) is 4.92. The fourth-order valence-electron chi connectivity index (χ4n) is 1.53. The molecule has 2 N–H and O–H groups in total. The molecule has 1 aromatic rings. The minimum atomic E-state index is -1.66. The van der Waals surface area contributed by atoms with E-state index in [4.69, 9.17) is 21.8 Å². The first kappa shape index (κ1) is 16.7. The molecule has 0 aliphatic rings. The van der Waals surface area contributed by atoms with Gasteiger partial charge in [-0.05, 0) is 42.2 Å².